The number of carbonyl (C=O) groups excluding carboxylic acids is 4. The maximum Gasteiger partial charge on any atom is 0.408 e. The molecule has 2 heterocycles. The molecule has 314 valence electrons. The van der Waals surface area contributed by atoms with E-state index in [1.54, 1.807) is 26.8 Å². The Morgan fingerprint density at radius 2 is 1.64 bits per heavy atom. The van der Waals surface area contributed by atoms with E-state index in [4.69, 9.17) is 9.84 Å². The number of thioether (sulfide) groups is 1. The van der Waals surface area contributed by atoms with E-state index in [9.17, 15) is 33.9 Å². The van der Waals surface area contributed by atoms with Crippen LogP contribution in [0.4, 0.5) is 9.59 Å². The molecule has 0 aromatic heterocycles. The zero-order valence-electron chi connectivity index (χ0n) is 33.7. The van der Waals surface area contributed by atoms with Gasteiger partial charge in [0.15, 0.2) is 0 Å². The number of hydrogen-bond donors (Lipinski definition) is 8. The lowest BCUT2D eigenvalue weighted by atomic mass is 9.84. The van der Waals surface area contributed by atoms with Gasteiger partial charge in [0.2, 0.25) is 5.91 Å². The third-order valence-corrected chi connectivity index (χ3v) is 12.0. The Bertz CT molecular complexity index is 1500. The van der Waals surface area contributed by atoms with Crippen LogP contribution in [0.5, 0.6) is 0 Å². The molecule has 16 heteroatoms. The molecule has 0 aliphatic carbocycles. The minimum atomic E-state index is -1.14. The predicted molar refractivity (Wildman–Crippen MR) is 216 cm³/mol. The summed E-state index contributed by atoms with van der Waals surface area (Å²) in [5.74, 6) is -1.52. The summed E-state index contributed by atoms with van der Waals surface area (Å²) in [6.45, 7) is 10.2. The second-order valence-corrected chi connectivity index (χ2v) is 17.2. The van der Waals surface area contributed by atoms with Gasteiger partial charge in [0.1, 0.15) is 16.4 Å². The van der Waals surface area contributed by atoms with E-state index in [0.717, 1.165) is 56.1 Å². The highest BCUT2D eigenvalue weighted by molar-refractivity contribution is 8.01. The van der Waals surface area contributed by atoms with E-state index < -0.39 is 34.4 Å². The highest BCUT2D eigenvalue weighted by atomic mass is 32.2. The van der Waals surface area contributed by atoms with Crippen molar-refractivity contribution in [1.29, 1.82) is 0 Å². The molecule has 0 bridgehead atoms. The number of amides is 5. The monoisotopic (exact) mass is 804 g/mol. The largest absolute Gasteiger partial charge is 0.481 e. The summed E-state index contributed by atoms with van der Waals surface area (Å²) < 4.78 is 4.32. The summed E-state index contributed by atoms with van der Waals surface area (Å²) in [6, 6.07) is 3.97. The minimum Gasteiger partial charge on any atom is -0.481 e. The van der Waals surface area contributed by atoms with Crippen molar-refractivity contribution in [3.63, 3.8) is 0 Å². The number of hydrogen-bond acceptors (Lipinski definition) is 9. The molecule has 5 unspecified atom stereocenters. The zero-order chi connectivity index (χ0) is 41.3. The number of carboxylic acid groups (broad SMARTS) is 2. The highest BCUT2D eigenvalue weighted by Gasteiger charge is 2.57. The molecule has 15 nitrogen and oxygen atoms in total. The van der Waals surface area contributed by atoms with Gasteiger partial charge in [-0.1, -0.05) is 51.2 Å². The first-order valence-electron chi connectivity index (χ1n) is 20.1. The number of carbonyl (C=O) groups is 6. The smallest absolute Gasteiger partial charge is 0.408 e. The van der Waals surface area contributed by atoms with Gasteiger partial charge in [0, 0.05) is 30.8 Å². The number of ether oxygens (including phenoxy) is 1. The van der Waals surface area contributed by atoms with Gasteiger partial charge < -0.3 is 36.2 Å². The molecular formula is C40H64N6O9S. The normalized spacial score (nSPS) is 19.9. The van der Waals surface area contributed by atoms with Crippen LogP contribution in [0.15, 0.2) is 18.2 Å². The number of benzene rings is 1. The Morgan fingerprint density at radius 3 is 2.32 bits per heavy atom. The fourth-order valence-corrected chi connectivity index (χ4v) is 9.09. The van der Waals surface area contributed by atoms with Crippen molar-refractivity contribution in [2.24, 2.45) is 0 Å². The van der Waals surface area contributed by atoms with Crippen LogP contribution in [-0.2, 0) is 19.1 Å². The summed E-state index contributed by atoms with van der Waals surface area (Å²) in [4.78, 5) is 73.8. The van der Waals surface area contributed by atoms with Crippen molar-refractivity contribution in [1.82, 2.24) is 32.1 Å². The van der Waals surface area contributed by atoms with Crippen LogP contribution in [0.3, 0.4) is 0 Å². The first-order chi connectivity index (χ1) is 26.6. The van der Waals surface area contributed by atoms with Gasteiger partial charge in [-0.25, -0.2) is 19.8 Å². The van der Waals surface area contributed by atoms with Crippen molar-refractivity contribution in [2.45, 2.75) is 159 Å². The molecule has 0 saturated carbocycles. The average molecular weight is 805 g/mol. The molecule has 8 N–H and O–H groups in total. The second kappa shape index (κ2) is 22.6. The number of nitrogens with one attached hydrogen (secondary N) is 6. The number of alkyl carbamates (subject to hydrolysis) is 1. The molecule has 56 heavy (non-hydrogen) atoms. The first kappa shape index (κ1) is 46.3. The molecule has 0 radical (unpaired) electrons. The Hall–Kier alpha value is -4.05. The Morgan fingerprint density at radius 1 is 0.946 bits per heavy atom. The Kier molecular flexibility index (Phi) is 18.7. The van der Waals surface area contributed by atoms with E-state index in [2.05, 4.69) is 45.1 Å². The molecule has 3 rings (SSSR count). The summed E-state index contributed by atoms with van der Waals surface area (Å²) >= 11 is 1.54. The van der Waals surface area contributed by atoms with Crippen molar-refractivity contribution >= 4 is 47.6 Å². The van der Waals surface area contributed by atoms with Crippen LogP contribution in [0, 0.1) is 6.92 Å². The molecule has 5 atom stereocenters. The summed E-state index contributed by atoms with van der Waals surface area (Å²) in [5, 5.41) is 30.0. The lowest BCUT2D eigenvalue weighted by Gasteiger charge is -2.32. The van der Waals surface area contributed by atoms with Crippen LogP contribution >= 0.6 is 11.8 Å². The lowest BCUT2D eigenvalue weighted by Crippen LogP contribution is -2.56. The quantitative estimate of drug-likeness (QED) is 0.0350. The molecular weight excluding hydrogens is 741 g/mol. The third-order valence-electron chi connectivity index (χ3n) is 10.3. The van der Waals surface area contributed by atoms with Gasteiger partial charge in [-0.05, 0) is 102 Å². The van der Waals surface area contributed by atoms with Crippen LogP contribution in [0.1, 0.15) is 145 Å². The maximum atomic E-state index is 13.7. The number of unbranched alkanes of at least 4 members (excludes halogenated alkanes) is 5. The number of rotatable bonds is 25. The number of carboxylic acids is 2. The topological polar surface area (TPSA) is 224 Å². The second-order valence-electron chi connectivity index (χ2n) is 15.9. The zero-order valence-corrected chi connectivity index (χ0v) is 34.5. The van der Waals surface area contributed by atoms with Crippen LogP contribution < -0.4 is 32.1 Å². The van der Waals surface area contributed by atoms with Crippen molar-refractivity contribution in [3.05, 3.63) is 34.9 Å². The average Bonchev–Trinajstić information content (AvgIpc) is 3.66. The number of urea groups is 1. The summed E-state index contributed by atoms with van der Waals surface area (Å²) in [6.07, 6.45) is 8.85. The number of fused-ring (bicyclic) bond motifs is 1. The van der Waals surface area contributed by atoms with Crippen molar-refractivity contribution in [3.8, 4) is 0 Å². The maximum absolute atomic E-state index is 13.7. The van der Waals surface area contributed by atoms with E-state index in [1.165, 1.54) is 11.8 Å². The number of hydrazine groups is 1. The predicted octanol–water partition coefficient (Wildman–Crippen LogP) is 5.51. The molecule has 1 aromatic rings. The van der Waals surface area contributed by atoms with Gasteiger partial charge in [-0.3, -0.25) is 19.8 Å². The molecule has 5 amide bonds. The van der Waals surface area contributed by atoms with Crippen molar-refractivity contribution < 1.29 is 43.7 Å². The molecule has 2 saturated heterocycles. The van der Waals surface area contributed by atoms with Gasteiger partial charge >= 0.3 is 24.1 Å². The van der Waals surface area contributed by atoms with Crippen molar-refractivity contribution in [2.75, 3.05) is 18.8 Å². The van der Waals surface area contributed by atoms with Gasteiger partial charge in [-0.15, -0.1) is 11.8 Å². The highest BCUT2D eigenvalue weighted by Crippen LogP contribution is 2.44. The third kappa shape index (κ3) is 14.5. The van der Waals surface area contributed by atoms with E-state index in [1.807, 2.05) is 13.0 Å². The first-order valence-corrected chi connectivity index (χ1v) is 21.1. The van der Waals surface area contributed by atoms with Crippen LogP contribution in [0.25, 0.3) is 0 Å². The number of aliphatic carboxylic acids is 2. The fourth-order valence-electron chi connectivity index (χ4n) is 7.44. The fraction of sp³-hybridized carbons (Fsp3) is 0.700. The van der Waals surface area contributed by atoms with Gasteiger partial charge in [0.25, 0.3) is 5.91 Å². The minimum absolute atomic E-state index is 0.0432. The van der Waals surface area contributed by atoms with Gasteiger partial charge in [-0.2, -0.15) is 0 Å². The Labute approximate surface area is 335 Å². The van der Waals surface area contributed by atoms with E-state index >= 15 is 0 Å². The van der Waals surface area contributed by atoms with Crippen LogP contribution in [-0.4, -0.2) is 93.4 Å². The molecule has 2 aliphatic heterocycles. The Balaban J connectivity index is 1.51. The molecule has 2 fully saturated rings. The SMILES string of the molecule is CCCCCC(CCCCNC(=O)C1(CCCCC(=O)O)SCC2NC(=O)NC21)c1cccc(C(=O)NNCCCCC(NC(=O)OC(C)(C)C)C(=O)O)c1C. The summed E-state index contributed by atoms with van der Waals surface area (Å²) in [5.41, 5.74) is 7.61. The summed E-state index contributed by atoms with van der Waals surface area (Å²) in [7, 11) is 0. The molecule has 2 aliphatic rings. The van der Waals surface area contributed by atoms with Crippen LogP contribution in [0.2, 0.25) is 0 Å². The standard InChI is InChI=1S/C40H64N6O9S/c1-6-7-8-16-27(17-10-13-23-41-36(52)40(22-12-9-21-32(47)48)33-31(25-56-40)43-37(53)45-33)28-18-15-19-29(26(28)2)34(49)46-42-24-14-11-20-30(35(50)51)44-38(54)55-39(3,4)5/h15,18-19,27,30-31,33,42H,6-14,16-17,20-25H2,1-5H3,(H,41,52)(H,44,54)(H,46,49)(H,47,48)(H,50,51)(H2,43,45,53). The molecule has 0 spiro atoms. The molecule has 1 aromatic carbocycles. The lowest BCUT2D eigenvalue weighted by molar-refractivity contribution is -0.140. The van der Waals surface area contributed by atoms with Gasteiger partial charge in [0.05, 0.1) is 12.1 Å². The van der Waals surface area contributed by atoms with E-state index in [0.29, 0.717) is 56.5 Å². The van der Waals surface area contributed by atoms with E-state index in [-0.39, 0.29) is 48.7 Å².